The highest BCUT2D eigenvalue weighted by molar-refractivity contribution is 5.75. The standard InChI is InChI=1S/C31H41NO3/c1-19(2)28-27(29(34)21-7-9-22(10-8-21)30(3,4)5)25(20-11-15-35-16-12-20)26-23(32-28)17-31(13-6-14-31)18-24(26)33/h7-11,19,24,29,33-34H,6,12-18H2,1-5H3. The second-order valence-electron chi connectivity index (χ2n) is 12.4. The van der Waals surface area contributed by atoms with Gasteiger partial charge in [0, 0.05) is 22.5 Å². The lowest BCUT2D eigenvalue weighted by atomic mass is 9.59. The van der Waals surface area contributed by atoms with Crippen molar-refractivity contribution in [3.8, 4) is 0 Å². The molecule has 1 saturated carbocycles. The van der Waals surface area contributed by atoms with Gasteiger partial charge in [-0.1, -0.05) is 71.4 Å². The number of fused-ring (bicyclic) bond motifs is 1. The van der Waals surface area contributed by atoms with Crippen molar-refractivity contribution in [1.29, 1.82) is 0 Å². The van der Waals surface area contributed by atoms with Crippen LogP contribution in [0.25, 0.3) is 5.57 Å². The van der Waals surface area contributed by atoms with E-state index in [9.17, 15) is 10.2 Å². The zero-order valence-corrected chi connectivity index (χ0v) is 22.0. The van der Waals surface area contributed by atoms with E-state index in [-0.39, 0.29) is 16.7 Å². The molecule has 2 aromatic rings. The lowest BCUT2D eigenvalue weighted by molar-refractivity contribution is 0.0239. The number of aliphatic hydroxyl groups excluding tert-OH is 2. The summed E-state index contributed by atoms with van der Waals surface area (Å²) in [6.45, 7) is 12.2. The van der Waals surface area contributed by atoms with Crippen LogP contribution in [0.15, 0.2) is 30.3 Å². The molecular weight excluding hydrogens is 434 g/mol. The van der Waals surface area contributed by atoms with E-state index >= 15 is 0 Å². The van der Waals surface area contributed by atoms with Crippen LogP contribution in [0.2, 0.25) is 0 Å². The molecule has 0 radical (unpaired) electrons. The van der Waals surface area contributed by atoms with E-state index in [2.05, 4.69) is 65.0 Å². The van der Waals surface area contributed by atoms with E-state index in [1.807, 2.05) is 0 Å². The lowest BCUT2D eigenvalue weighted by Crippen LogP contribution is -2.38. The monoisotopic (exact) mass is 475 g/mol. The van der Waals surface area contributed by atoms with Crippen LogP contribution in [0, 0.1) is 5.41 Å². The summed E-state index contributed by atoms with van der Waals surface area (Å²) < 4.78 is 5.64. The Bertz CT molecular complexity index is 1120. The van der Waals surface area contributed by atoms with Gasteiger partial charge in [0.05, 0.1) is 19.3 Å². The second-order valence-corrected chi connectivity index (χ2v) is 12.4. The summed E-state index contributed by atoms with van der Waals surface area (Å²) in [6.07, 6.45) is 6.93. The van der Waals surface area contributed by atoms with Crippen molar-refractivity contribution >= 4 is 5.57 Å². The van der Waals surface area contributed by atoms with Crippen LogP contribution in [-0.4, -0.2) is 28.4 Å². The highest BCUT2D eigenvalue weighted by atomic mass is 16.5. The first kappa shape index (κ1) is 24.7. The summed E-state index contributed by atoms with van der Waals surface area (Å²) in [6, 6.07) is 8.36. The largest absolute Gasteiger partial charge is 0.388 e. The number of hydrogen-bond donors (Lipinski definition) is 2. The Hall–Kier alpha value is -2.01. The van der Waals surface area contributed by atoms with Crippen LogP contribution in [0.4, 0.5) is 0 Å². The molecule has 1 spiro atoms. The fourth-order valence-electron chi connectivity index (χ4n) is 6.32. The molecule has 3 aliphatic rings. The van der Waals surface area contributed by atoms with Gasteiger partial charge >= 0.3 is 0 Å². The third kappa shape index (κ3) is 4.50. The van der Waals surface area contributed by atoms with Gasteiger partial charge in [0.25, 0.3) is 0 Å². The Labute approximate surface area is 210 Å². The topological polar surface area (TPSA) is 62.6 Å². The van der Waals surface area contributed by atoms with Crippen molar-refractivity contribution in [3.05, 3.63) is 69.5 Å². The highest BCUT2D eigenvalue weighted by Crippen LogP contribution is 2.55. The maximum Gasteiger partial charge on any atom is 0.106 e. The van der Waals surface area contributed by atoms with E-state index in [1.54, 1.807) is 0 Å². The summed E-state index contributed by atoms with van der Waals surface area (Å²) in [5.41, 5.74) is 8.44. The molecule has 0 amide bonds. The van der Waals surface area contributed by atoms with Gasteiger partial charge in [-0.2, -0.15) is 0 Å². The lowest BCUT2D eigenvalue weighted by Gasteiger charge is -2.47. The first-order valence-corrected chi connectivity index (χ1v) is 13.4. The van der Waals surface area contributed by atoms with Crippen LogP contribution in [0.5, 0.6) is 0 Å². The first-order chi connectivity index (χ1) is 16.6. The zero-order valence-electron chi connectivity index (χ0n) is 22.0. The number of pyridine rings is 1. The fraction of sp³-hybridized carbons (Fsp3) is 0.581. The van der Waals surface area contributed by atoms with Crippen LogP contribution in [-0.2, 0) is 16.6 Å². The van der Waals surface area contributed by atoms with Gasteiger partial charge in [0.2, 0.25) is 0 Å². The highest BCUT2D eigenvalue weighted by Gasteiger charge is 2.45. The minimum Gasteiger partial charge on any atom is -0.388 e. The van der Waals surface area contributed by atoms with Crippen molar-refractivity contribution in [1.82, 2.24) is 4.98 Å². The van der Waals surface area contributed by atoms with Gasteiger partial charge in [-0.3, -0.25) is 4.98 Å². The summed E-state index contributed by atoms with van der Waals surface area (Å²) in [4.78, 5) is 5.22. The summed E-state index contributed by atoms with van der Waals surface area (Å²) >= 11 is 0. The molecular formula is C31H41NO3. The molecule has 0 saturated heterocycles. The third-order valence-corrected chi connectivity index (χ3v) is 8.49. The van der Waals surface area contributed by atoms with Gasteiger partial charge in [0.1, 0.15) is 6.10 Å². The van der Waals surface area contributed by atoms with Gasteiger partial charge in [-0.05, 0) is 71.1 Å². The molecule has 188 valence electrons. The van der Waals surface area contributed by atoms with E-state index in [4.69, 9.17) is 9.72 Å². The van der Waals surface area contributed by atoms with E-state index in [0.717, 1.165) is 52.9 Å². The van der Waals surface area contributed by atoms with Crippen molar-refractivity contribution < 1.29 is 14.9 Å². The number of aliphatic hydroxyl groups is 2. The maximum atomic E-state index is 11.9. The van der Waals surface area contributed by atoms with Gasteiger partial charge in [0.15, 0.2) is 0 Å². The molecule has 2 N–H and O–H groups in total. The smallest absolute Gasteiger partial charge is 0.106 e. The Morgan fingerprint density at radius 1 is 1.11 bits per heavy atom. The first-order valence-electron chi connectivity index (χ1n) is 13.4. The molecule has 1 aromatic carbocycles. The van der Waals surface area contributed by atoms with E-state index in [0.29, 0.717) is 13.2 Å². The Kier molecular flexibility index (Phi) is 6.44. The minimum atomic E-state index is -0.801. The minimum absolute atomic E-state index is 0.0552. The number of hydrogen-bond acceptors (Lipinski definition) is 4. The molecule has 2 aliphatic carbocycles. The number of benzene rings is 1. The van der Waals surface area contributed by atoms with Crippen LogP contribution >= 0.6 is 0 Å². The van der Waals surface area contributed by atoms with Gasteiger partial charge in [-0.15, -0.1) is 0 Å². The van der Waals surface area contributed by atoms with Crippen molar-refractivity contribution in [3.63, 3.8) is 0 Å². The summed E-state index contributed by atoms with van der Waals surface area (Å²) in [7, 11) is 0. The molecule has 4 heteroatoms. The Morgan fingerprint density at radius 2 is 1.83 bits per heavy atom. The average Bonchev–Trinajstić information content (AvgIpc) is 2.81. The number of ether oxygens (including phenoxy) is 1. The molecule has 2 heterocycles. The van der Waals surface area contributed by atoms with Gasteiger partial charge < -0.3 is 14.9 Å². The van der Waals surface area contributed by atoms with Crippen molar-refractivity contribution in [2.24, 2.45) is 5.41 Å². The number of aromatic nitrogens is 1. The predicted molar refractivity (Wildman–Crippen MR) is 141 cm³/mol. The van der Waals surface area contributed by atoms with Crippen LogP contribution in [0.1, 0.15) is 124 Å². The van der Waals surface area contributed by atoms with Gasteiger partial charge in [-0.25, -0.2) is 0 Å². The Morgan fingerprint density at radius 3 is 2.37 bits per heavy atom. The normalized spacial score (nSPS) is 22.5. The fourth-order valence-corrected chi connectivity index (χ4v) is 6.32. The maximum absolute atomic E-state index is 11.9. The second kappa shape index (κ2) is 9.14. The number of nitrogens with zero attached hydrogens (tertiary/aromatic N) is 1. The zero-order chi connectivity index (χ0) is 25.0. The quantitative estimate of drug-likeness (QED) is 0.527. The average molecular weight is 476 g/mol. The molecule has 1 aromatic heterocycles. The van der Waals surface area contributed by atoms with E-state index in [1.165, 1.54) is 30.4 Å². The van der Waals surface area contributed by atoms with E-state index < -0.39 is 12.2 Å². The van der Waals surface area contributed by atoms with Crippen molar-refractivity contribution in [2.75, 3.05) is 13.2 Å². The molecule has 1 aliphatic heterocycles. The third-order valence-electron chi connectivity index (χ3n) is 8.49. The molecule has 1 fully saturated rings. The molecule has 2 atom stereocenters. The van der Waals surface area contributed by atoms with Crippen LogP contribution < -0.4 is 0 Å². The summed E-state index contributed by atoms with van der Waals surface area (Å²) in [5, 5.41) is 23.4. The molecule has 2 unspecified atom stereocenters. The predicted octanol–water partition coefficient (Wildman–Crippen LogP) is 6.54. The SMILES string of the molecule is CC(C)c1nc2c(c(C3=CCOCC3)c1C(O)c1ccc(C(C)(C)C)cc1)C(O)CC1(CCC1)C2. The Balaban J connectivity index is 1.70. The van der Waals surface area contributed by atoms with Crippen molar-refractivity contribution in [2.45, 2.75) is 96.7 Å². The molecule has 0 bridgehead atoms. The summed E-state index contributed by atoms with van der Waals surface area (Å²) in [5.74, 6) is 0.161. The molecule has 5 rings (SSSR count). The number of rotatable bonds is 4. The van der Waals surface area contributed by atoms with Crippen LogP contribution in [0.3, 0.4) is 0 Å². The molecule has 35 heavy (non-hydrogen) atoms. The molecule has 4 nitrogen and oxygen atoms in total.